The van der Waals surface area contributed by atoms with E-state index in [1.807, 2.05) is 38.1 Å². The first kappa shape index (κ1) is 13.4. The number of carbonyl (C=O) groups excluding carboxylic acids is 1. The minimum absolute atomic E-state index is 0.00556. The van der Waals surface area contributed by atoms with Crippen molar-refractivity contribution in [1.29, 1.82) is 0 Å². The molecule has 1 aromatic carbocycles. The van der Waals surface area contributed by atoms with Gasteiger partial charge in [-0.2, -0.15) is 0 Å². The van der Waals surface area contributed by atoms with Crippen molar-refractivity contribution < 1.29 is 4.79 Å². The van der Waals surface area contributed by atoms with Gasteiger partial charge >= 0.3 is 0 Å². The second-order valence-corrected chi connectivity index (χ2v) is 5.55. The molecule has 1 amide bonds. The van der Waals surface area contributed by atoms with Crippen molar-refractivity contribution in [2.75, 3.05) is 6.54 Å². The predicted molar refractivity (Wildman–Crippen MR) is 73.7 cm³/mol. The van der Waals surface area contributed by atoms with Gasteiger partial charge in [-0.05, 0) is 50.9 Å². The summed E-state index contributed by atoms with van der Waals surface area (Å²) in [6.45, 7) is 4.86. The highest BCUT2D eigenvalue weighted by Crippen LogP contribution is 2.21. The van der Waals surface area contributed by atoms with Gasteiger partial charge in [0.25, 0.3) is 0 Å². The van der Waals surface area contributed by atoms with Crippen LogP contribution in [0.1, 0.15) is 38.3 Å². The number of hydrogen-bond acceptors (Lipinski definition) is 2. The molecule has 1 fully saturated rings. The van der Waals surface area contributed by atoms with E-state index in [4.69, 9.17) is 11.6 Å². The number of rotatable bonds is 3. The fourth-order valence-corrected chi connectivity index (χ4v) is 2.41. The molecule has 2 rings (SSSR count). The number of carbonyl (C=O) groups is 1. The fraction of sp³-hybridized carbons (Fsp3) is 0.500. The number of nitrogens with one attached hydrogen (secondary N) is 2. The highest BCUT2D eigenvalue weighted by atomic mass is 35.5. The van der Waals surface area contributed by atoms with Crippen molar-refractivity contribution in [3.8, 4) is 0 Å². The van der Waals surface area contributed by atoms with Crippen molar-refractivity contribution in [2.24, 2.45) is 0 Å². The van der Waals surface area contributed by atoms with E-state index in [1.165, 1.54) is 0 Å². The van der Waals surface area contributed by atoms with E-state index in [0.29, 0.717) is 5.02 Å². The Labute approximate surface area is 113 Å². The van der Waals surface area contributed by atoms with Crippen molar-refractivity contribution >= 4 is 17.5 Å². The molecule has 1 saturated heterocycles. The van der Waals surface area contributed by atoms with Gasteiger partial charge in [-0.3, -0.25) is 4.79 Å². The summed E-state index contributed by atoms with van der Waals surface area (Å²) in [6.07, 6.45) is 1.95. The summed E-state index contributed by atoms with van der Waals surface area (Å²) in [5.41, 5.74) is 0.648. The molecule has 0 aliphatic carbocycles. The molecule has 1 aromatic rings. The Hall–Kier alpha value is -1.06. The molecule has 0 spiro atoms. The lowest BCUT2D eigenvalue weighted by molar-refractivity contribution is -0.127. The Morgan fingerprint density at radius 2 is 2.11 bits per heavy atom. The Morgan fingerprint density at radius 3 is 2.67 bits per heavy atom. The molecule has 18 heavy (non-hydrogen) atoms. The van der Waals surface area contributed by atoms with Crippen LogP contribution in [-0.4, -0.2) is 18.0 Å². The Kier molecular flexibility index (Phi) is 3.93. The molecular weight excluding hydrogens is 248 g/mol. The molecule has 2 N–H and O–H groups in total. The van der Waals surface area contributed by atoms with Gasteiger partial charge in [-0.25, -0.2) is 0 Å². The summed E-state index contributed by atoms with van der Waals surface area (Å²) in [5, 5.41) is 7.03. The van der Waals surface area contributed by atoms with Crippen LogP contribution in [0.15, 0.2) is 24.3 Å². The predicted octanol–water partition coefficient (Wildman–Crippen LogP) is 2.66. The quantitative estimate of drug-likeness (QED) is 0.883. The molecular formula is C14H19ClN2O. The average Bonchev–Trinajstić information content (AvgIpc) is 2.78. The van der Waals surface area contributed by atoms with Crippen molar-refractivity contribution in [2.45, 2.75) is 38.3 Å². The third-order valence-electron chi connectivity index (χ3n) is 3.59. The molecule has 0 radical (unpaired) electrons. The molecule has 1 unspecified atom stereocenters. The van der Waals surface area contributed by atoms with Crippen molar-refractivity contribution in [3.63, 3.8) is 0 Å². The van der Waals surface area contributed by atoms with Gasteiger partial charge < -0.3 is 10.6 Å². The Morgan fingerprint density at radius 1 is 1.44 bits per heavy atom. The van der Waals surface area contributed by atoms with Gasteiger partial charge in [0.15, 0.2) is 0 Å². The molecule has 0 bridgehead atoms. The second kappa shape index (κ2) is 5.29. The van der Waals surface area contributed by atoms with Crippen LogP contribution in [0, 0.1) is 0 Å². The zero-order valence-corrected chi connectivity index (χ0v) is 11.6. The van der Waals surface area contributed by atoms with E-state index in [0.717, 1.165) is 24.9 Å². The Bertz CT molecular complexity index is 424. The lowest BCUT2D eigenvalue weighted by Gasteiger charge is -2.26. The third kappa shape index (κ3) is 2.85. The minimum Gasteiger partial charge on any atom is -0.348 e. The summed E-state index contributed by atoms with van der Waals surface area (Å²) in [5.74, 6) is 0.0717. The summed E-state index contributed by atoms with van der Waals surface area (Å²) in [7, 11) is 0. The third-order valence-corrected chi connectivity index (χ3v) is 3.84. The van der Waals surface area contributed by atoms with E-state index in [-0.39, 0.29) is 11.9 Å². The molecule has 1 aliphatic rings. The summed E-state index contributed by atoms with van der Waals surface area (Å²) in [4.78, 5) is 12.2. The number of amides is 1. The van der Waals surface area contributed by atoms with Gasteiger partial charge in [0.2, 0.25) is 5.91 Å². The van der Waals surface area contributed by atoms with Crippen LogP contribution >= 0.6 is 11.6 Å². The van der Waals surface area contributed by atoms with Crippen molar-refractivity contribution in [1.82, 2.24) is 10.6 Å². The smallest absolute Gasteiger partial charge is 0.240 e. The number of hydrogen-bond donors (Lipinski definition) is 2. The van der Waals surface area contributed by atoms with E-state index in [1.54, 1.807) is 0 Å². The van der Waals surface area contributed by atoms with Gasteiger partial charge in [0, 0.05) is 5.02 Å². The molecule has 4 heteroatoms. The second-order valence-electron chi connectivity index (χ2n) is 5.11. The Balaban J connectivity index is 2.00. The SMILES string of the molecule is C[C@H](NC(=O)C1(C)CCCN1)c1ccc(Cl)cc1. The van der Waals surface area contributed by atoms with Crippen LogP contribution in [0.25, 0.3) is 0 Å². The van der Waals surface area contributed by atoms with Gasteiger partial charge in [-0.15, -0.1) is 0 Å². The highest BCUT2D eigenvalue weighted by Gasteiger charge is 2.36. The zero-order chi connectivity index (χ0) is 13.2. The molecule has 2 atom stereocenters. The monoisotopic (exact) mass is 266 g/mol. The molecule has 1 heterocycles. The largest absolute Gasteiger partial charge is 0.348 e. The van der Waals surface area contributed by atoms with Gasteiger partial charge in [-0.1, -0.05) is 23.7 Å². The highest BCUT2D eigenvalue weighted by molar-refractivity contribution is 6.30. The first-order valence-electron chi connectivity index (χ1n) is 6.33. The van der Waals surface area contributed by atoms with Crippen LogP contribution in [0.5, 0.6) is 0 Å². The maximum Gasteiger partial charge on any atom is 0.240 e. The summed E-state index contributed by atoms with van der Waals surface area (Å²) < 4.78 is 0. The van der Waals surface area contributed by atoms with Crippen LogP contribution in [0.4, 0.5) is 0 Å². The zero-order valence-electron chi connectivity index (χ0n) is 10.8. The topological polar surface area (TPSA) is 41.1 Å². The lowest BCUT2D eigenvalue weighted by atomic mass is 9.98. The normalized spacial score (nSPS) is 24.8. The summed E-state index contributed by atoms with van der Waals surface area (Å²) >= 11 is 5.85. The molecule has 0 saturated carbocycles. The average molecular weight is 267 g/mol. The number of benzene rings is 1. The van der Waals surface area contributed by atoms with Gasteiger partial charge in [0.05, 0.1) is 11.6 Å². The van der Waals surface area contributed by atoms with E-state index < -0.39 is 5.54 Å². The van der Waals surface area contributed by atoms with Crippen LogP contribution < -0.4 is 10.6 Å². The van der Waals surface area contributed by atoms with E-state index in [2.05, 4.69) is 10.6 Å². The van der Waals surface area contributed by atoms with Crippen LogP contribution in [0.3, 0.4) is 0 Å². The molecule has 1 aliphatic heterocycles. The molecule has 3 nitrogen and oxygen atoms in total. The standard InChI is InChI=1S/C14H19ClN2O/c1-10(11-4-6-12(15)7-5-11)17-13(18)14(2)8-3-9-16-14/h4-7,10,16H,3,8-9H2,1-2H3,(H,17,18)/t10-,14?/m0/s1. The molecule has 98 valence electrons. The maximum atomic E-state index is 12.2. The maximum absolute atomic E-state index is 12.2. The van der Waals surface area contributed by atoms with Crippen molar-refractivity contribution in [3.05, 3.63) is 34.9 Å². The lowest BCUT2D eigenvalue weighted by Crippen LogP contribution is -2.51. The number of halogens is 1. The fourth-order valence-electron chi connectivity index (χ4n) is 2.28. The first-order valence-corrected chi connectivity index (χ1v) is 6.70. The van der Waals surface area contributed by atoms with Crippen LogP contribution in [-0.2, 0) is 4.79 Å². The van der Waals surface area contributed by atoms with Crippen LogP contribution in [0.2, 0.25) is 5.02 Å². The van der Waals surface area contributed by atoms with Gasteiger partial charge in [0.1, 0.15) is 0 Å². The minimum atomic E-state index is -0.416. The summed E-state index contributed by atoms with van der Waals surface area (Å²) in [6, 6.07) is 7.56. The first-order chi connectivity index (χ1) is 8.51. The van der Waals surface area contributed by atoms with E-state index in [9.17, 15) is 4.79 Å². The van der Waals surface area contributed by atoms with E-state index >= 15 is 0 Å². The molecule has 0 aromatic heterocycles.